The third-order valence-electron chi connectivity index (χ3n) is 2.51. The number of fused-ring (bicyclic) bond motifs is 1. The normalized spacial score (nSPS) is 16.3. The van der Waals surface area contributed by atoms with E-state index in [1.54, 1.807) is 6.92 Å². The predicted octanol–water partition coefficient (Wildman–Crippen LogP) is 2.58. The number of ether oxygens (including phenoxy) is 2. The van der Waals surface area contributed by atoms with E-state index in [9.17, 15) is 5.11 Å². The third-order valence-corrected chi connectivity index (χ3v) is 3.09. The van der Waals surface area contributed by atoms with Crippen molar-refractivity contribution in [2.24, 2.45) is 0 Å². The number of hydrogen-bond donors (Lipinski definition) is 1. The van der Waals surface area contributed by atoms with E-state index in [0.29, 0.717) is 13.2 Å². The molecule has 1 aliphatic rings. The second kappa shape index (κ2) is 4.02. The van der Waals surface area contributed by atoms with Crippen LogP contribution in [0.4, 0.5) is 0 Å². The van der Waals surface area contributed by atoms with Crippen LogP contribution in [0.15, 0.2) is 10.5 Å². The minimum absolute atomic E-state index is 0.503. The highest BCUT2D eigenvalue weighted by Crippen LogP contribution is 2.43. The zero-order valence-electron chi connectivity index (χ0n) is 8.71. The Morgan fingerprint density at radius 2 is 1.93 bits per heavy atom. The van der Waals surface area contributed by atoms with Crippen LogP contribution in [0.1, 0.15) is 24.2 Å². The molecule has 1 unspecified atom stereocenters. The van der Waals surface area contributed by atoms with Crippen molar-refractivity contribution in [3.8, 4) is 11.5 Å². The predicted molar refractivity (Wildman–Crippen MR) is 60.5 cm³/mol. The topological polar surface area (TPSA) is 38.7 Å². The van der Waals surface area contributed by atoms with E-state index < -0.39 is 6.10 Å². The Morgan fingerprint density at radius 1 is 1.33 bits per heavy atom. The Kier molecular flexibility index (Phi) is 2.89. The average molecular weight is 273 g/mol. The molecule has 1 aromatic carbocycles. The molecule has 82 valence electrons. The molecule has 0 fully saturated rings. The van der Waals surface area contributed by atoms with Gasteiger partial charge >= 0.3 is 0 Å². The first-order valence-corrected chi connectivity index (χ1v) is 5.67. The summed E-state index contributed by atoms with van der Waals surface area (Å²) >= 11 is 3.42. The van der Waals surface area contributed by atoms with Crippen molar-refractivity contribution in [2.75, 3.05) is 13.2 Å². The van der Waals surface area contributed by atoms with Gasteiger partial charge in [0, 0.05) is 5.56 Å². The maximum atomic E-state index is 9.61. The van der Waals surface area contributed by atoms with Gasteiger partial charge in [0.1, 0.15) is 13.2 Å². The SMILES string of the molecule is Cc1c(C(C)O)cc(Br)c2c1OCCO2. The average Bonchev–Trinajstić information content (AvgIpc) is 2.23. The van der Waals surface area contributed by atoms with Crippen molar-refractivity contribution in [1.29, 1.82) is 0 Å². The van der Waals surface area contributed by atoms with Gasteiger partial charge in [-0.1, -0.05) is 0 Å². The largest absolute Gasteiger partial charge is 0.486 e. The summed E-state index contributed by atoms with van der Waals surface area (Å²) in [6.45, 7) is 4.80. The van der Waals surface area contributed by atoms with E-state index in [1.807, 2.05) is 13.0 Å². The van der Waals surface area contributed by atoms with E-state index in [4.69, 9.17) is 9.47 Å². The highest BCUT2D eigenvalue weighted by Gasteiger charge is 2.21. The van der Waals surface area contributed by atoms with Crippen LogP contribution in [0.2, 0.25) is 0 Å². The molecule has 1 heterocycles. The molecule has 2 rings (SSSR count). The molecule has 0 saturated heterocycles. The number of aliphatic hydroxyl groups is 1. The van der Waals surface area contributed by atoms with E-state index in [-0.39, 0.29) is 0 Å². The fourth-order valence-corrected chi connectivity index (χ4v) is 2.29. The van der Waals surface area contributed by atoms with Gasteiger partial charge in [-0.3, -0.25) is 0 Å². The van der Waals surface area contributed by atoms with Crippen LogP contribution in [-0.4, -0.2) is 18.3 Å². The molecule has 0 bridgehead atoms. The van der Waals surface area contributed by atoms with Crippen LogP contribution >= 0.6 is 15.9 Å². The molecular weight excluding hydrogens is 260 g/mol. The zero-order valence-corrected chi connectivity index (χ0v) is 10.3. The van der Waals surface area contributed by atoms with E-state index in [1.165, 1.54) is 0 Å². The molecule has 1 N–H and O–H groups in total. The lowest BCUT2D eigenvalue weighted by Gasteiger charge is -2.23. The van der Waals surface area contributed by atoms with Crippen molar-refractivity contribution < 1.29 is 14.6 Å². The second-order valence-corrected chi connectivity index (χ2v) is 4.46. The fraction of sp³-hybridized carbons (Fsp3) is 0.455. The Balaban J connectivity index is 2.59. The van der Waals surface area contributed by atoms with E-state index in [2.05, 4.69) is 15.9 Å². The standard InChI is InChI=1S/C11H13BrO3/c1-6-8(7(2)13)5-9(12)11-10(6)14-3-4-15-11/h5,7,13H,3-4H2,1-2H3. The van der Waals surface area contributed by atoms with Crippen LogP contribution in [0, 0.1) is 6.92 Å². The number of rotatable bonds is 1. The highest BCUT2D eigenvalue weighted by molar-refractivity contribution is 9.10. The molecule has 0 radical (unpaired) electrons. The lowest BCUT2D eigenvalue weighted by atomic mass is 10.0. The summed E-state index contributed by atoms with van der Waals surface area (Å²) in [6, 6.07) is 1.88. The lowest BCUT2D eigenvalue weighted by Crippen LogP contribution is -2.17. The molecule has 0 saturated carbocycles. The quantitative estimate of drug-likeness (QED) is 0.854. The maximum absolute atomic E-state index is 9.61. The summed E-state index contributed by atoms with van der Waals surface area (Å²) in [5.41, 5.74) is 1.81. The van der Waals surface area contributed by atoms with Gasteiger partial charge in [-0.2, -0.15) is 0 Å². The Labute approximate surface area is 97.1 Å². The summed E-state index contributed by atoms with van der Waals surface area (Å²) in [5.74, 6) is 1.48. The van der Waals surface area contributed by atoms with Crippen LogP contribution in [0.25, 0.3) is 0 Å². The first-order valence-electron chi connectivity index (χ1n) is 4.88. The van der Waals surface area contributed by atoms with Gasteiger partial charge in [0.15, 0.2) is 11.5 Å². The van der Waals surface area contributed by atoms with Crippen molar-refractivity contribution in [2.45, 2.75) is 20.0 Å². The molecule has 0 spiro atoms. The maximum Gasteiger partial charge on any atom is 0.175 e. The van der Waals surface area contributed by atoms with Crippen LogP contribution in [0.5, 0.6) is 11.5 Å². The molecule has 0 amide bonds. The number of aliphatic hydroxyl groups excluding tert-OH is 1. The first-order chi connectivity index (χ1) is 7.11. The van der Waals surface area contributed by atoms with Crippen LogP contribution in [0.3, 0.4) is 0 Å². The van der Waals surface area contributed by atoms with Gasteiger partial charge in [0.2, 0.25) is 0 Å². The lowest BCUT2D eigenvalue weighted by molar-refractivity contribution is 0.165. The van der Waals surface area contributed by atoms with Gasteiger partial charge < -0.3 is 14.6 Å². The van der Waals surface area contributed by atoms with Crippen LogP contribution < -0.4 is 9.47 Å². The monoisotopic (exact) mass is 272 g/mol. The molecule has 3 nitrogen and oxygen atoms in total. The zero-order chi connectivity index (χ0) is 11.0. The van der Waals surface area contributed by atoms with E-state index >= 15 is 0 Å². The molecule has 0 aromatic heterocycles. The highest BCUT2D eigenvalue weighted by atomic mass is 79.9. The summed E-state index contributed by atoms with van der Waals surface area (Å²) in [5, 5.41) is 9.61. The summed E-state index contributed by atoms with van der Waals surface area (Å²) in [7, 11) is 0. The first kappa shape index (κ1) is 10.8. The minimum Gasteiger partial charge on any atom is -0.486 e. The Hall–Kier alpha value is -0.740. The molecule has 1 aromatic rings. The van der Waals surface area contributed by atoms with Crippen molar-refractivity contribution in [1.82, 2.24) is 0 Å². The van der Waals surface area contributed by atoms with Gasteiger partial charge in [-0.25, -0.2) is 0 Å². The molecule has 1 aliphatic heterocycles. The van der Waals surface area contributed by atoms with Crippen molar-refractivity contribution in [3.63, 3.8) is 0 Å². The molecule has 4 heteroatoms. The fourth-order valence-electron chi connectivity index (χ4n) is 1.75. The molecule has 0 aliphatic carbocycles. The van der Waals surface area contributed by atoms with E-state index in [0.717, 1.165) is 27.1 Å². The van der Waals surface area contributed by atoms with Gasteiger partial charge in [-0.05, 0) is 41.4 Å². The number of halogens is 1. The molecule has 15 heavy (non-hydrogen) atoms. The summed E-state index contributed by atoms with van der Waals surface area (Å²) in [6.07, 6.45) is -0.503. The van der Waals surface area contributed by atoms with Crippen molar-refractivity contribution >= 4 is 15.9 Å². The van der Waals surface area contributed by atoms with Crippen LogP contribution in [-0.2, 0) is 0 Å². The second-order valence-electron chi connectivity index (χ2n) is 3.60. The van der Waals surface area contributed by atoms with Gasteiger partial charge in [0.25, 0.3) is 0 Å². The molecular formula is C11H13BrO3. The van der Waals surface area contributed by atoms with Gasteiger partial charge in [-0.15, -0.1) is 0 Å². The van der Waals surface area contributed by atoms with Gasteiger partial charge in [0.05, 0.1) is 10.6 Å². The molecule has 1 atom stereocenters. The smallest absolute Gasteiger partial charge is 0.175 e. The number of hydrogen-bond acceptors (Lipinski definition) is 3. The number of benzene rings is 1. The minimum atomic E-state index is -0.503. The van der Waals surface area contributed by atoms with Crippen molar-refractivity contribution in [3.05, 3.63) is 21.7 Å². The Bertz CT molecular complexity index is 388. The third kappa shape index (κ3) is 1.84. The summed E-state index contributed by atoms with van der Waals surface area (Å²) in [4.78, 5) is 0. The Morgan fingerprint density at radius 3 is 2.53 bits per heavy atom. The summed E-state index contributed by atoms with van der Waals surface area (Å²) < 4.78 is 11.9.